The average molecular weight is 281 g/mol. The summed E-state index contributed by atoms with van der Waals surface area (Å²) in [7, 11) is 0. The fourth-order valence-electron chi connectivity index (χ4n) is 2.05. The van der Waals surface area contributed by atoms with E-state index in [1.807, 2.05) is 18.2 Å². The molecule has 4 heteroatoms. The van der Waals surface area contributed by atoms with E-state index in [0.717, 1.165) is 47.5 Å². The maximum atomic E-state index is 5.86. The minimum absolute atomic E-state index is 0.947. The van der Waals surface area contributed by atoms with Gasteiger partial charge < -0.3 is 14.6 Å². The second-order valence-electron chi connectivity index (χ2n) is 3.97. The first-order chi connectivity index (χ1) is 7.84. The van der Waals surface area contributed by atoms with Crippen LogP contribution >= 0.6 is 15.9 Å². The summed E-state index contributed by atoms with van der Waals surface area (Å²) in [6.07, 6.45) is 0. The number of nitrogens with zero attached hydrogens (tertiary/aromatic N) is 1. The lowest BCUT2D eigenvalue weighted by Crippen LogP contribution is -2.43. The average Bonchev–Trinajstić information content (AvgIpc) is 2.76. The monoisotopic (exact) mass is 280 g/mol. The van der Waals surface area contributed by atoms with Gasteiger partial charge in [0.2, 0.25) is 0 Å². The van der Waals surface area contributed by atoms with E-state index < -0.39 is 0 Å². The van der Waals surface area contributed by atoms with Crippen molar-refractivity contribution < 1.29 is 4.42 Å². The van der Waals surface area contributed by atoms with Gasteiger partial charge in [-0.3, -0.25) is 0 Å². The van der Waals surface area contributed by atoms with Gasteiger partial charge in [0.15, 0.2) is 5.88 Å². The number of piperazine rings is 1. The number of fused-ring (bicyclic) bond motifs is 1. The summed E-state index contributed by atoms with van der Waals surface area (Å²) in [5.74, 6) is 0.975. The topological polar surface area (TPSA) is 28.4 Å². The second-order valence-corrected chi connectivity index (χ2v) is 4.83. The summed E-state index contributed by atoms with van der Waals surface area (Å²) in [5.41, 5.74) is 0.947. The van der Waals surface area contributed by atoms with Crippen molar-refractivity contribution in [2.75, 3.05) is 31.1 Å². The molecule has 1 N–H and O–H groups in total. The Labute approximate surface area is 103 Å². The molecule has 1 fully saturated rings. The minimum Gasteiger partial charge on any atom is -0.441 e. The van der Waals surface area contributed by atoms with Crippen LogP contribution in [-0.4, -0.2) is 26.2 Å². The van der Waals surface area contributed by atoms with E-state index in [-0.39, 0.29) is 0 Å². The van der Waals surface area contributed by atoms with Crippen LogP contribution in [-0.2, 0) is 0 Å². The van der Waals surface area contributed by atoms with E-state index in [0.29, 0.717) is 0 Å². The molecule has 84 valence electrons. The zero-order valence-electron chi connectivity index (χ0n) is 8.87. The molecule has 0 amide bonds. The van der Waals surface area contributed by atoms with Gasteiger partial charge in [0.1, 0.15) is 5.58 Å². The molecule has 1 saturated heterocycles. The molecule has 0 aliphatic carbocycles. The molecule has 0 bridgehead atoms. The van der Waals surface area contributed by atoms with Crippen molar-refractivity contribution in [1.29, 1.82) is 0 Å². The number of hydrogen-bond acceptors (Lipinski definition) is 3. The molecular formula is C12H13BrN2O. The summed E-state index contributed by atoms with van der Waals surface area (Å²) in [6, 6.07) is 8.16. The largest absolute Gasteiger partial charge is 0.441 e. The molecule has 0 saturated carbocycles. The molecule has 3 rings (SSSR count). The van der Waals surface area contributed by atoms with Crippen molar-refractivity contribution in [2.45, 2.75) is 0 Å². The van der Waals surface area contributed by atoms with E-state index in [1.54, 1.807) is 0 Å². The van der Waals surface area contributed by atoms with Gasteiger partial charge in [-0.1, -0.05) is 22.0 Å². The van der Waals surface area contributed by atoms with Gasteiger partial charge in [0.25, 0.3) is 0 Å². The van der Waals surface area contributed by atoms with Crippen LogP contribution < -0.4 is 10.2 Å². The standard InChI is InChI=1S/C12H13BrN2O/c13-10-2-1-3-11-9(10)8-12(16-11)15-6-4-14-5-7-15/h1-3,8,14H,4-7H2. The number of nitrogens with one attached hydrogen (secondary N) is 1. The molecule has 1 aliphatic rings. The molecule has 1 aromatic carbocycles. The molecule has 0 radical (unpaired) electrons. The summed E-state index contributed by atoms with van der Waals surface area (Å²) in [5, 5.41) is 4.49. The Hall–Kier alpha value is -1.00. The third-order valence-corrected chi connectivity index (χ3v) is 3.62. The second kappa shape index (κ2) is 4.11. The van der Waals surface area contributed by atoms with E-state index in [4.69, 9.17) is 4.42 Å². The molecule has 1 aliphatic heterocycles. The van der Waals surface area contributed by atoms with Crippen molar-refractivity contribution in [1.82, 2.24) is 5.32 Å². The molecule has 0 spiro atoms. The van der Waals surface area contributed by atoms with Gasteiger partial charge in [-0.05, 0) is 12.1 Å². The number of furan rings is 1. The van der Waals surface area contributed by atoms with Crippen molar-refractivity contribution in [3.8, 4) is 0 Å². The SMILES string of the molecule is Brc1cccc2oc(N3CCNCC3)cc12. The van der Waals surface area contributed by atoms with Crippen LogP contribution in [0.2, 0.25) is 0 Å². The fourth-order valence-corrected chi connectivity index (χ4v) is 2.52. The molecule has 1 aromatic heterocycles. The van der Waals surface area contributed by atoms with Gasteiger partial charge in [-0.15, -0.1) is 0 Å². The Kier molecular flexibility index (Phi) is 2.61. The summed E-state index contributed by atoms with van der Waals surface area (Å²) >= 11 is 3.54. The third-order valence-electron chi connectivity index (χ3n) is 2.92. The molecular weight excluding hydrogens is 268 g/mol. The quantitative estimate of drug-likeness (QED) is 0.871. The highest BCUT2D eigenvalue weighted by Gasteiger charge is 2.15. The first-order valence-electron chi connectivity index (χ1n) is 5.48. The van der Waals surface area contributed by atoms with E-state index in [2.05, 4.69) is 32.2 Å². The molecule has 2 aromatic rings. The van der Waals surface area contributed by atoms with Gasteiger partial charge in [0, 0.05) is 42.1 Å². The van der Waals surface area contributed by atoms with Crippen LogP contribution in [0.1, 0.15) is 0 Å². The first kappa shape index (κ1) is 10.2. The predicted molar refractivity (Wildman–Crippen MR) is 69.0 cm³/mol. The van der Waals surface area contributed by atoms with Crippen molar-refractivity contribution in [3.05, 3.63) is 28.7 Å². The van der Waals surface area contributed by atoms with Gasteiger partial charge in [-0.2, -0.15) is 0 Å². The summed E-state index contributed by atoms with van der Waals surface area (Å²) in [6.45, 7) is 4.07. The lowest BCUT2D eigenvalue weighted by Gasteiger charge is -2.26. The lowest BCUT2D eigenvalue weighted by molar-refractivity contribution is 0.527. The third kappa shape index (κ3) is 1.72. The van der Waals surface area contributed by atoms with Crippen LogP contribution in [0.4, 0.5) is 5.88 Å². The maximum Gasteiger partial charge on any atom is 0.196 e. The number of benzene rings is 1. The molecule has 0 unspecified atom stereocenters. The van der Waals surface area contributed by atoms with E-state index in [1.165, 1.54) is 0 Å². The smallest absolute Gasteiger partial charge is 0.196 e. The number of hydrogen-bond donors (Lipinski definition) is 1. The lowest BCUT2D eigenvalue weighted by atomic mass is 10.2. The Morgan fingerprint density at radius 1 is 1.25 bits per heavy atom. The Morgan fingerprint density at radius 2 is 2.06 bits per heavy atom. The number of rotatable bonds is 1. The maximum absolute atomic E-state index is 5.86. The Morgan fingerprint density at radius 3 is 2.81 bits per heavy atom. The molecule has 2 heterocycles. The van der Waals surface area contributed by atoms with Crippen LogP contribution in [0.15, 0.2) is 33.2 Å². The van der Waals surface area contributed by atoms with Crippen molar-refractivity contribution in [3.63, 3.8) is 0 Å². The van der Waals surface area contributed by atoms with Crippen LogP contribution in [0, 0.1) is 0 Å². The summed E-state index contributed by atoms with van der Waals surface area (Å²) < 4.78 is 6.95. The van der Waals surface area contributed by atoms with Gasteiger partial charge in [0.05, 0.1) is 0 Å². The fraction of sp³-hybridized carbons (Fsp3) is 0.333. The van der Waals surface area contributed by atoms with Crippen LogP contribution in [0.5, 0.6) is 0 Å². The molecule has 0 atom stereocenters. The highest BCUT2D eigenvalue weighted by atomic mass is 79.9. The van der Waals surface area contributed by atoms with Crippen LogP contribution in [0.3, 0.4) is 0 Å². The van der Waals surface area contributed by atoms with Gasteiger partial charge in [-0.25, -0.2) is 0 Å². The molecule has 16 heavy (non-hydrogen) atoms. The zero-order valence-corrected chi connectivity index (χ0v) is 10.5. The highest BCUT2D eigenvalue weighted by Crippen LogP contribution is 2.31. The Bertz CT molecular complexity index is 503. The van der Waals surface area contributed by atoms with E-state index >= 15 is 0 Å². The van der Waals surface area contributed by atoms with Crippen molar-refractivity contribution >= 4 is 32.8 Å². The van der Waals surface area contributed by atoms with Crippen molar-refractivity contribution in [2.24, 2.45) is 0 Å². The Balaban J connectivity index is 2.01. The minimum atomic E-state index is 0.947. The molecule has 3 nitrogen and oxygen atoms in total. The number of anilines is 1. The van der Waals surface area contributed by atoms with Crippen LogP contribution in [0.25, 0.3) is 11.0 Å². The summed E-state index contributed by atoms with van der Waals surface area (Å²) in [4.78, 5) is 2.28. The van der Waals surface area contributed by atoms with E-state index in [9.17, 15) is 0 Å². The zero-order chi connectivity index (χ0) is 11.0. The van der Waals surface area contributed by atoms with Gasteiger partial charge >= 0.3 is 0 Å². The predicted octanol–water partition coefficient (Wildman–Crippen LogP) is 2.60. The highest BCUT2D eigenvalue weighted by molar-refractivity contribution is 9.10. The first-order valence-corrected chi connectivity index (χ1v) is 6.27. The normalized spacial score (nSPS) is 16.9. The number of halogens is 1.